The molecule has 1 aliphatic rings. The smallest absolute Gasteiger partial charge is 0.338 e. The molecule has 0 heterocycles. The highest BCUT2D eigenvalue weighted by Crippen LogP contribution is 2.27. The first-order valence-electron chi connectivity index (χ1n) is 10.2. The van der Waals surface area contributed by atoms with Gasteiger partial charge in [0.2, 0.25) is 0 Å². The van der Waals surface area contributed by atoms with Crippen LogP contribution in [0.2, 0.25) is 0 Å². The summed E-state index contributed by atoms with van der Waals surface area (Å²) in [6.07, 6.45) is 5.29. The maximum absolute atomic E-state index is 12.4. The number of methoxy groups -OCH3 is 2. The van der Waals surface area contributed by atoms with Crippen LogP contribution in [-0.4, -0.2) is 37.3 Å². The fraction of sp³-hybridized carbons (Fsp3) is 0.348. The normalized spacial score (nSPS) is 13.7. The summed E-state index contributed by atoms with van der Waals surface area (Å²) in [6.45, 7) is 0. The summed E-state index contributed by atoms with van der Waals surface area (Å²) in [7, 11) is 3.03. The quantitative estimate of drug-likeness (QED) is 0.509. The van der Waals surface area contributed by atoms with Gasteiger partial charge in [-0.05, 0) is 80.4 Å². The average molecular weight is 443 g/mol. The molecular formula is C23H26N2O5S. The molecule has 1 saturated carbocycles. The van der Waals surface area contributed by atoms with Gasteiger partial charge in [-0.25, -0.2) is 4.79 Å². The lowest BCUT2D eigenvalue weighted by Crippen LogP contribution is -2.34. The van der Waals surface area contributed by atoms with E-state index in [4.69, 9.17) is 26.4 Å². The summed E-state index contributed by atoms with van der Waals surface area (Å²) in [5, 5.41) is 5.69. The van der Waals surface area contributed by atoms with E-state index in [0.717, 1.165) is 25.7 Å². The van der Waals surface area contributed by atoms with Crippen molar-refractivity contribution < 1.29 is 23.8 Å². The van der Waals surface area contributed by atoms with E-state index in [1.165, 1.54) is 20.6 Å². The van der Waals surface area contributed by atoms with Crippen LogP contribution < -0.4 is 20.1 Å². The van der Waals surface area contributed by atoms with Crippen LogP contribution in [-0.2, 0) is 4.74 Å². The van der Waals surface area contributed by atoms with Gasteiger partial charge in [0.05, 0.1) is 19.8 Å². The molecule has 3 rings (SSSR count). The zero-order valence-electron chi connectivity index (χ0n) is 17.6. The number of anilines is 1. The van der Waals surface area contributed by atoms with Crippen LogP contribution in [0, 0.1) is 0 Å². The van der Waals surface area contributed by atoms with Crippen LogP contribution in [0.4, 0.5) is 5.69 Å². The Bertz CT molecular complexity index is 939. The van der Waals surface area contributed by atoms with Crippen LogP contribution >= 0.6 is 12.2 Å². The monoisotopic (exact) mass is 442 g/mol. The van der Waals surface area contributed by atoms with Crippen molar-refractivity contribution in [3.8, 4) is 11.5 Å². The highest BCUT2D eigenvalue weighted by Gasteiger charge is 2.19. The molecule has 1 amide bonds. The van der Waals surface area contributed by atoms with Gasteiger partial charge >= 0.3 is 5.97 Å². The van der Waals surface area contributed by atoms with Crippen LogP contribution in [0.5, 0.6) is 11.5 Å². The number of hydrogen-bond acceptors (Lipinski definition) is 6. The van der Waals surface area contributed by atoms with Crippen molar-refractivity contribution in [2.75, 3.05) is 19.5 Å². The Labute approximate surface area is 187 Å². The van der Waals surface area contributed by atoms with Gasteiger partial charge in [-0.15, -0.1) is 0 Å². The highest BCUT2D eigenvalue weighted by molar-refractivity contribution is 7.80. The van der Waals surface area contributed by atoms with Crippen molar-refractivity contribution in [3.63, 3.8) is 0 Å². The molecule has 0 saturated heterocycles. The van der Waals surface area contributed by atoms with Crippen molar-refractivity contribution in [1.29, 1.82) is 0 Å². The van der Waals surface area contributed by atoms with E-state index in [1.54, 1.807) is 42.5 Å². The first kappa shape index (κ1) is 22.6. The molecule has 2 aromatic rings. The Kier molecular flexibility index (Phi) is 7.83. The fourth-order valence-corrected chi connectivity index (χ4v) is 3.62. The maximum atomic E-state index is 12.4. The lowest BCUT2D eigenvalue weighted by atomic mass is 9.98. The molecule has 0 aliphatic heterocycles. The van der Waals surface area contributed by atoms with E-state index in [1.807, 2.05) is 0 Å². The van der Waals surface area contributed by atoms with Crippen LogP contribution in [0.3, 0.4) is 0 Å². The van der Waals surface area contributed by atoms with Gasteiger partial charge in [-0.1, -0.05) is 6.42 Å². The molecule has 1 aliphatic carbocycles. The van der Waals surface area contributed by atoms with Gasteiger partial charge in [-0.3, -0.25) is 10.1 Å². The predicted molar refractivity (Wildman–Crippen MR) is 122 cm³/mol. The van der Waals surface area contributed by atoms with E-state index < -0.39 is 0 Å². The number of carbonyl (C=O) groups excluding carboxylic acids is 2. The standard InChI is InChI=1S/C23H26N2O5S/c1-28-19-13-10-16(14-20(19)29-2)21(26)25-23(31)24-17-11-8-15(9-12-17)22(27)30-18-6-4-3-5-7-18/h8-14,18H,3-7H2,1-2H3,(H2,24,25,26,31). The summed E-state index contributed by atoms with van der Waals surface area (Å²) in [4.78, 5) is 24.8. The SMILES string of the molecule is COc1ccc(C(=O)NC(=S)Nc2ccc(C(=O)OC3CCCCC3)cc2)cc1OC. The first-order chi connectivity index (χ1) is 15.0. The Hall–Kier alpha value is -3.13. The Morgan fingerprint density at radius 1 is 0.903 bits per heavy atom. The van der Waals surface area contributed by atoms with Gasteiger partial charge in [0, 0.05) is 11.3 Å². The minimum Gasteiger partial charge on any atom is -0.493 e. The Morgan fingerprint density at radius 2 is 1.55 bits per heavy atom. The third kappa shape index (κ3) is 6.18. The molecule has 0 spiro atoms. The number of nitrogens with one attached hydrogen (secondary N) is 2. The predicted octanol–water partition coefficient (Wildman–Crippen LogP) is 4.32. The number of benzene rings is 2. The van der Waals surface area contributed by atoms with Crippen molar-refractivity contribution in [2.45, 2.75) is 38.2 Å². The van der Waals surface area contributed by atoms with Gasteiger partial charge in [0.15, 0.2) is 16.6 Å². The summed E-state index contributed by atoms with van der Waals surface area (Å²) in [5.74, 6) is 0.278. The van der Waals surface area contributed by atoms with Crippen molar-refractivity contribution >= 4 is 34.9 Å². The molecule has 31 heavy (non-hydrogen) atoms. The summed E-state index contributed by atoms with van der Waals surface area (Å²) in [6, 6.07) is 11.6. The molecule has 2 aromatic carbocycles. The fourth-order valence-electron chi connectivity index (χ4n) is 3.41. The lowest BCUT2D eigenvalue weighted by molar-refractivity contribution is 0.0211. The molecule has 1 fully saturated rings. The molecule has 0 atom stereocenters. The number of thiocarbonyl (C=S) groups is 1. The zero-order valence-corrected chi connectivity index (χ0v) is 18.4. The molecule has 7 nitrogen and oxygen atoms in total. The molecule has 0 radical (unpaired) electrons. The average Bonchev–Trinajstić information content (AvgIpc) is 2.79. The van der Waals surface area contributed by atoms with Crippen molar-refractivity contribution in [1.82, 2.24) is 5.32 Å². The van der Waals surface area contributed by atoms with Crippen LogP contribution in [0.25, 0.3) is 0 Å². The number of hydrogen-bond donors (Lipinski definition) is 2. The van der Waals surface area contributed by atoms with Gasteiger partial charge < -0.3 is 19.5 Å². The number of esters is 1. The minimum atomic E-state index is -0.383. The summed E-state index contributed by atoms with van der Waals surface area (Å²) >= 11 is 5.22. The lowest BCUT2D eigenvalue weighted by Gasteiger charge is -2.21. The van der Waals surface area contributed by atoms with Crippen molar-refractivity contribution in [3.05, 3.63) is 53.6 Å². The van der Waals surface area contributed by atoms with E-state index in [2.05, 4.69) is 10.6 Å². The molecule has 0 aromatic heterocycles. The molecule has 164 valence electrons. The number of ether oxygens (including phenoxy) is 3. The van der Waals surface area contributed by atoms with Gasteiger partial charge in [-0.2, -0.15) is 0 Å². The summed E-state index contributed by atoms with van der Waals surface area (Å²) < 4.78 is 16.0. The Balaban J connectivity index is 1.54. The number of amides is 1. The molecule has 0 unspecified atom stereocenters. The summed E-state index contributed by atoms with van der Waals surface area (Å²) in [5.41, 5.74) is 1.51. The molecule has 0 bridgehead atoms. The largest absolute Gasteiger partial charge is 0.493 e. The first-order valence-corrected chi connectivity index (χ1v) is 10.6. The second-order valence-corrected chi connectivity index (χ2v) is 7.63. The molecule has 8 heteroatoms. The highest BCUT2D eigenvalue weighted by atomic mass is 32.1. The maximum Gasteiger partial charge on any atom is 0.338 e. The van der Waals surface area contributed by atoms with Gasteiger partial charge in [0.1, 0.15) is 6.10 Å². The van der Waals surface area contributed by atoms with E-state index in [-0.39, 0.29) is 23.1 Å². The van der Waals surface area contributed by atoms with Gasteiger partial charge in [0.25, 0.3) is 5.91 Å². The van der Waals surface area contributed by atoms with E-state index in [0.29, 0.717) is 28.3 Å². The third-order valence-electron chi connectivity index (χ3n) is 5.08. The second-order valence-electron chi connectivity index (χ2n) is 7.22. The number of rotatable bonds is 6. The molecular weight excluding hydrogens is 416 g/mol. The Morgan fingerprint density at radius 3 is 2.19 bits per heavy atom. The van der Waals surface area contributed by atoms with E-state index >= 15 is 0 Å². The minimum absolute atomic E-state index is 0.0124. The van der Waals surface area contributed by atoms with Crippen LogP contribution in [0.1, 0.15) is 52.8 Å². The van der Waals surface area contributed by atoms with Crippen LogP contribution in [0.15, 0.2) is 42.5 Å². The van der Waals surface area contributed by atoms with Crippen molar-refractivity contribution in [2.24, 2.45) is 0 Å². The second kappa shape index (κ2) is 10.8. The van der Waals surface area contributed by atoms with E-state index in [9.17, 15) is 9.59 Å². The third-order valence-corrected chi connectivity index (χ3v) is 5.28. The number of carbonyl (C=O) groups is 2. The zero-order chi connectivity index (χ0) is 22.2. The molecule has 2 N–H and O–H groups in total. The topological polar surface area (TPSA) is 85.9 Å².